The Balaban J connectivity index is 1.21. The first-order chi connectivity index (χ1) is 28.7. The van der Waals surface area contributed by atoms with Crippen LogP contribution in [-0.4, -0.2) is 28.0 Å². The van der Waals surface area contributed by atoms with Crippen molar-refractivity contribution in [2.45, 2.75) is 45.8 Å². The molecule has 2 heterocycles. The lowest BCUT2D eigenvalue weighted by Gasteiger charge is -2.19. The normalized spacial score (nSPS) is 12.8. The minimum absolute atomic E-state index is 0.0675. The molecule has 274 valence electrons. The predicted molar refractivity (Wildman–Crippen MR) is 237 cm³/mol. The minimum Gasteiger partial charge on any atom is -0.244 e. The summed E-state index contributed by atoms with van der Waals surface area (Å²) >= 11 is 0. The molecule has 0 radical (unpaired) electrons. The minimum atomic E-state index is -1.72. The molecule has 56 heavy (non-hydrogen) atoms. The molecule has 0 amide bonds. The largest absolute Gasteiger partial charge is 0.244 e. The molecule has 0 N–H and O–H groups in total. The van der Waals surface area contributed by atoms with Crippen LogP contribution in [0.2, 0.25) is 19.6 Å². The molecule has 0 aliphatic heterocycles. The second kappa shape index (κ2) is 15.1. The lowest BCUT2D eigenvalue weighted by molar-refractivity contribution is 0.590. The Kier molecular flexibility index (Phi) is 8.62. The van der Waals surface area contributed by atoms with Gasteiger partial charge in [0.15, 0.2) is 17.5 Å². The van der Waals surface area contributed by atoms with Crippen LogP contribution < -0.4 is 5.19 Å². The van der Waals surface area contributed by atoms with Crippen LogP contribution in [0.15, 0.2) is 170 Å². The van der Waals surface area contributed by atoms with Crippen molar-refractivity contribution in [2.24, 2.45) is 0 Å². The fourth-order valence-electron chi connectivity index (χ4n) is 6.66. The summed E-state index contributed by atoms with van der Waals surface area (Å²) in [5.74, 6) is 0.732. The maximum Gasteiger partial charge on any atom is 0.182 e. The Bertz CT molecular complexity index is 2870. The van der Waals surface area contributed by atoms with Gasteiger partial charge in [0.2, 0.25) is 0 Å². The standard InChI is InChI=1S/C51H46N4Si/c1-51(2,3)44-30-28-37(29-31-44)36-24-26-38(27-25-36)39-16-10-18-41(32-39)46-22-13-23-47(52-46)50-54-48(42-19-11-17-40(33-42)35-14-8-7-9-15-35)53-49(55-50)43-20-12-21-45(34-43)56(4,5)6/h7-34H,1-6H3/i11D,17D,19D,33D. The third kappa shape index (κ3) is 8.05. The molecule has 6 aromatic carbocycles. The highest BCUT2D eigenvalue weighted by Gasteiger charge is 2.19. The van der Waals surface area contributed by atoms with Crippen LogP contribution in [0.25, 0.3) is 78.9 Å². The molecule has 4 nitrogen and oxygen atoms in total. The van der Waals surface area contributed by atoms with E-state index in [0.717, 1.165) is 33.5 Å². The van der Waals surface area contributed by atoms with Crippen molar-refractivity contribution in [1.29, 1.82) is 0 Å². The third-order valence-corrected chi connectivity index (χ3v) is 12.0. The van der Waals surface area contributed by atoms with Crippen molar-refractivity contribution in [2.75, 3.05) is 0 Å². The van der Waals surface area contributed by atoms with E-state index in [2.05, 4.69) is 113 Å². The van der Waals surface area contributed by atoms with Gasteiger partial charge >= 0.3 is 0 Å². The molecular weight excluding hydrogens is 697 g/mol. The zero-order valence-electron chi connectivity index (χ0n) is 36.6. The lowest BCUT2D eigenvalue weighted by Crippen LogP contribution is -2.37. The highest BCUT2D eigenvalue weighted by atomic mass is 28.3. The van der Waals surface area contributed by atoms with Gasteiger partial charge in [-0.3, -0.25) is 0 Å². The number of hydrogen-bond acceptors (Lipinski definition) is 4. The van der Waals surface area contributed by atoms with Crippen molar-refractivity contribution >= 4 is 13.3 Å². The van der Waals surface area contributed by atoms with E-state index in [1.165, 1.54) is 16.3 Å². The quantitative estimate of drug-likeness (QED) is 0.145. The molecule has 8 rings (SSSR count). The molecule has 0 spiro atoms. The fourth-order valence-corrected chi connectivity index (χ4v) is 7.84. The summed E-state index contributed by atoms with van der Waals surface area (Å²) in [7, 11) is -1.72. The molecule has 0 atom stereocenters. The van der Waals surface area contributed by atoms with Crippen molar-refractivity contribution in [3.8, 4) is 78.9 Å². The Hall–Kier alpha value is -6.30. The SMILES string of the molecule is [2H]c1c([2H])c(-c2ccccc2)c([2H])c(-c2nc(-c3cccc([Si](C)(C)C)c3)nc(-c3cccc(-c4cccc(-c5ccc(-c6ccc(C(C)(C)C)cc6)cc5)c4)n3)n2)c1[2H]. The van der Waals surface area contributed by atoms with Gasteiger partial charge in [-0.2, -0.15) is 0 Å². The first-order valence-electron chi connectivity index (χ1n) is 21.0. The topological polar surface area (TPSA) is 51.6 Å². The molecule has 0 aliphatic carbocycles. The first-order valence-corrected chi connectivity index (χ1v) is 22.5. The van der Waals surface area contributed by atoms with Crippen molar-refractivity contribution in [3.05, 3.63) is 175 Å². The van der Waals surface area contributed by atoms with Gasteiger partial charge in [-0.05, 0) is 68.6 Å². The summed E-state index contributed by atoms with van der Waals surface area (Å²) in [6, 6.07) is 48.0. The Labute approximate surface area is 337 Å². The molecule has 0 fully saturated rings. The molecule has 5 heteroatoms. The van der Waals surface area contributed by atoms with Gasteiger partial charge in [0, 0.05) is 16.7 Å². The van der Waals surface area contributed by atoms with E-state index in [0.29, 0.717) is 17.1 Å². The first kappa shape index (κ1) is 32.0. The number of benzene rings is 6. The van der Waals surface area contributed by atoms with Gasteiger partial charge in [0.25, 0.3) is 0 Å². The summed E-state index contributed by atoms with van der Waals surface area (Å²) in [5.41, 5.74) is 9.77. The van der Waals surface area contributed by atoms with Gasteiger partial charge in [0.05, 0.1) is 19.3 Å². The van der Waals surface area contributed by atoms with Crippen LogP contribution in [-0.2, 0) is 5.41 Å². The van der Waals surface area contributed by atoms with Crippen LogP contribution >= 0.6 is 0 Å². The van der Waals surface area contributed by atoms with E-state index in [1.807, 2.05) is 60.7 Å². The lowest BCUT2D eigenvalue weighted by atomic mass is 9.86. The monoisotopic (exact) mass is 746 g/mol. The summed E-state index contributed by atoms with van der Waals surface area (Å²) in [6.45, 7) is 13.5. The maximum absolute atomic E-state index is 9.35. The highest BCUT2D eigenvalue weighted by molar-refractivity contribution is 6.88. The Morgan fingerprint density at radius 1 is 0.429 bits per heavy atom. The summed E-state index contributed by atoms with van der Waals surface area (Å²) in [5, 5.41) is 1.23. The number of nitrogens with zero attached hydrogens (tertiary/aromatic N) is 4. The van der Waals surface area contributed by atoms with Gasteiger partial charge in [-0.1, -0.05) is 191 Å². The number of hydrogen-bond donors (Lipinski definition) is 0. The van der Waals surface area contributed by atoms with E-state index in [4.69, 9.17) is 24.0 Å². The van der Waals surface area contributed by atoms with E-state index < -0.39 is 8.07 Å². The van der Waals surface area contributed by atoms with Crippen LogP contribution in [0.4, 0.5) is 0 Å². The molecule has 0 saturated heterocycles. The van der Waals surface area contributed by atoms with Gasteiger partial charge in [-0.15, -0.1) is 0 Å². The van der Waals surface area contributed by atoms with E-state index in [1.54, 1.807) is 12.1 Å². The zero-order chi connectivity index (χ0) is 42.3. The molecule has 0 saturated carbocycles. The van der Waals surface area contributed by atoms with E-state index in [-0.39, 0.29) is 52.4 Å². The smallest absolute Gasteiger partial charge is 0.182 e. The molecule has 0 unspecified atom stereocenters. The van der Waals surface area contributed by atoms with Crippen LogP contribution in [0.5, 0.6) is 0 Å². The Morgan fingerprint density at radius 2 is 0.946 bits per heavy atom. The molecule has 8 aromatic rings. The average Bonchev–Trinajstić information content (AvgIpc) is 3.26. The van der Waals surface area contributed by atoms with Gasteiger partial charge < -0.3 is 0 Å². The second-order valence-electron chi connectivity index (χ2n) is 16.1. The highest BCUT2D eigenvalue weighted by Crippen LogP contribution is 2.32. The van der Waals surface area contributed by atoms with Gasteiger partial charge in [0.1, 0.15) is 5.69 Å². The average molecular weight is 747 g/mol. The number of rotatable bonds is 8. The molecule has 0 aliphatic rings. The van der Waals surface area contributed by atoms with Crippen molar-refractivity contribution in [1.82, 2.24) is 19.9 Å². The molecular formula is C51H46N4Si. The number of pyridine rings is 1. The van der Waals surface area contributed by atoms with Crippen molar-refractivity contribution in [3.63, 3.8) is 0 Å². The van der Waals surface area contributed by atoms with Gasteiger partial charge in [-0.25, -0.2) is 19.9 Å². The van der Waals surface area contributed by atoms with Crippen LogP contribution in [0, 0.1) is 0 Å². The van der Waals surface area contributed by atoms with Crippen LogP contribution in [0.1, 0.15) is 31.8 Å². The summed E-state index contributed by atoms with van der Waals surface area (Å²) in [6.07, 6.45) is 0. The summed E-state index contributed by atoms with van der Waals surface area (Å²) < 4.78 is 35.9. The Morgan fingerprint density at radius 3 is 1.64 bits per heavy atom. The summed E-state index contributed by atoms with van der Waals surface area (Å²) in [4.78, 5) is 19.8. The molecule has 0 bridgehead atoms. The zero-order valence-corrected chi connectivity index (χ0v) is 33.6. The third-order valence-electron chi connectivity index (χ3n) is 9.97. The molecule has 2 aromatic heterocycles. The predicted octanol–water partition coefficient (Wildman–Crippen LogP) is 12.8. The van der Waals surface area contributed by atoms with E-state index >= 15 is 0 Å². The number of aromatic nitrogens is 4. The van der Waals surface area contributed by atoms with E-state index in [9.17, 15) is 1.37 Å². The fraction of sp³-hybridized carbons (Fsp3) is 0.137. The van der Waals surface area contributed by atoms with Crippen LogP contribution in [0.3, 0.4) is 0 Å². The second-order valence-corrected chi connectivity index (χ2v) is 21.2. The maximum atomic E-state index is 9.35. The van der Waals surface area contributed by atoms with Crippen molar-refractivity contribution < 1.29 is 5.48 Å².